The molecule has 2 aromatic heterocycles. The van der Waals surface area contributed by atoms with Crippen molar-refractivity contribution in [2.75, 3.05) is 41.0 Å². The number of aromatic nitrogens is 3. The quantitative estimate of drug-likeness (QED) is 0.480. The zero-order chi connectivity index (χ0) is 27.4. The van der Waals surface area contributed by atoms with E-state index in [9.17, 15) is 17.9 Å². The normalized spacial score (nSPS) is 26.1. The Labute approximate surface area is 223 Å². The molecule has 38 heavy (non-hydrogen) atoms. The standard InChI is InChI=1S/C27H35FN6O3S/c1-16(2)18-6-7-21(34-14-22(17(34)3)38(5,36)37)20-13-30-25(12-19(18)20)31-24-8-10-29-26(32-24)33-11-9-23(35)27(4,28)15-33/h6-8,10,12-13,16-17,22-23,35H,9,11,14-15H2,1-5H3,(H,29,30,31,32)/t17-,22+,23+,27-/m1/s1. The van der Waals surface area contributed by atoms with Gasteiger partial charge in [-0.2, -0.15) is 4.98 Å². The zero-order valence-electron chi connectivity index (χ0n) is 22.4. The van der Waals surface area contributed by atoms with E-state index in [4.69, 9.17) is 0 Å². The fourth-order valence-corrected chi connectivity index (χ4v) is 6.76. The average molecular weight is 543 g/mol. The SMILES string of the molecule is CC(C)c1ccc(N2C[C@H](S(C)(=O)=O)[C@H]2C)c2cnc(Nc3ccnc(N4CC[C@H](O)[C@](C)(F)C4)n3)cc12. The highest BCUT2D eigenvalue weighted by molar-refractivity contribution is 7.91. The van der Waals surface area contributed by atoms with Gasteiger partial charge in [-0.15, -0.1) is 0 Å². The summed E-state index contributed by atoms with van der Waals surface area (Å²) >= 11 is 0. The number of sulfone groups is 1. The van der Waals surface area contributed by atoms with Crippen LogP contribution in [0.4, 0.5) is 27.7 Å². The van der Waals surface area contributed by atoms with Gasteiger partial charge >= 0.3 is 0 Å². The minimum Gasteiger partial charge on any atom is -0.390 e. The topological polar surface area (TPSA) is 112 Å². The molecule has 2 aliphatic rings. The predicted molar refractivity (Wildman–Crippen MR) is 149 cm³/mol. The lowest BCUT2D eigenvalue weighted by Gasteiger charge is -2.47. The van der Waals surface area contributed by atoms with Crippen LogP contribution >= 0.6 is 0 Å². The number of hydrogen-bond acceptors (Lipinski definition) is 9. The molecule has 4 heterocycles. The number of aliphatic hydroxyl groups excluding tert-OH is 1. The van der Waals surface area contributed by atoms with Crippen LogP contribution < -0.4 is 15.1 Å². The number of anilines is 4. The summed E-state index contributed by atoms with van der Waals surface area (Å²) in [5.74, 6) is 1.80. The second kappa shape index (κ2) is 9.60. The highest BCUT2D eigenvalue weighted by Gasteiger charge is 2.43. The van der Waals surface area contributed by atoms with Gasteiger partial charge in [0.2, 0.25) is 5.95 Å². The van der Waals surface area contributed by atoms with Crippen molar-refractivity contribution in [3.8, 4) is 0 Å². The maximum Gasteiger partial charge on any atom is 0.227 e. The molecule has 0 radical (unpaired) electrons. The van der Waals surface area contributed by atoms with E-state index in [1.54, 1.807) is 17.2 Å². The molecule has 204 valence electrons. The van der Waals surface area contributed by atoms with Gasteiger partial charge in [0.15, 0.2) is 15.5 Å². The minimum atomic E-state index is -3.11. The summed E-state index contributed by atoms with van der Waals surface area (Å²) in [6, 6.07) is 7.78. The first-order chi connectivity index (χ1) is 17.8. The molecule has 0 saturated carbocycles. The van der Waals surface area contributed by atoms with Gasteiger partial charge in [-0.3, -0.25) is 0 Å². The average Bonchev–Trinajstić information content (AvgIpc) is 2.84. The first-order valence-electron chi connectivity index (χ1n) is 13.0. The van der Waals surface area contributed by atoms with Gasteiger partial charge in [0.1, 0.15) is 11.6 Å². The van der Waals surface area contributed by atoms with Gasteiger partial charge in [-0.1, -0.05) is 19.9 Å². The molecular formula is C27H35FN6O3S. The molecule has 0 unspecified atom stereocenters. The van der Waals surface area contributed by atoms with E-state index in [1.165, 1.54) is 18.7 Å². The molecule has 1 aromatic carbocycles. The lowest BCUT2D eigenvalue weighted by molar-refractivity contribution is -0.00860. The Hall–Kier alpha value is -3.05. The van der Waals surface area contributed by atoms with E-state index in [-0.39, 0.29) is 23.8 Å². The van der Waals surface area contributed by atoms with E-state index in [0.29, 0.717) is 37.1 Å². The molecular weight excluding hydrogens is 507 g/mol. The molecule has 2 saturated heterocycles. The van der Waals surface area contributed by atoms with Crippen molar-refractivity contribution in [1.82, 2.24) is 15.0 Å². The summed E-state index contributed by atoms with van der Waals surface area (Å²) in [5, 5.41) is 14.8. The maximum absolute atomic E-state index is 14.7. The van der Waals surface area contributed by atoms with Crippen LogP contribution in [0.3, 0.4) is 0 Å². The smallest absolute Gasteiger partial charge is 0.227 e. The first-order valence-corrected chi connectivity index (χ1v) is 14.9. The number of fused-ring (bicyclic) bond motifs is 1. The summed E-state index contributed by atoms with van der Waals surface area (Å²) in [6.07, 6.45) is 4.05. The van der Waals surface area contributed by atoms with Gasteiger partial charge in [0.05, 0.1) is 17.9 Å². The highest BCUT2D eigenvalue weighted by atomic mass is 32.2. The highest BCUT2D eigenvalue weighted by Crippen LogP contribution is 2.39. The van der Waals surface area contributed by atoms with Crippen molar-refractivity contribution in [3.63, 3.8) is 0 Å². The molecule has 4 atom stereocenters. The minimum absolute atomic E-state index is 0.0154. The number of halogens is 1. The fraction of sp³-hybridized carbons (Fsp3) is 0.519. The lowest BCUT2D eigenvalue weighted by Crippen LogP contribution is -2.61. The number of piperidine rings is 1. The molecule has 2 fully saturated rings. The van der Waals surface area contributed by atoms with Crippen LogP contribution in [-0.2, 0) is 9.84 Å². The Balaban J connectivity index is 1.44. The number of nitrogens with zero attached hydrogens (tertiary/aromatic N) is 5. The Kier molecular flexibility index (Phi) is 6.71. The van der Waals surface area contributed by atoms with Gasteiger partial charge in [-0.05, 0) is 55.3 Å². The molecule has 5 rings (SSSR count). The molecule has 2 aliphatic heterocycles. The Bertz CT molecular complexity index is 1460. The van der Waals surface area contributed by atoms with Gasteiger partial charge in [0, 0.05) is 48.9 Å². The molecule has 3 aromatic rings. The van der Waals surface area contributed by atoms with E-state index in [1.807, 2.05) is 19.2 Å². The second-order valence-corrected chi connectivity index (χ2v) is 13.3. The number of hydrogen-bond donors (Lipinski definition) is 2. The van der Waals surface area contributed by atoms with Crippen LogP contribution in [0.2, 0.25) is 0 Å². The number of rotatable bonds is 6. The second-order valence-electron chi connectivity index (χ2n) is 11.1. The maximum atomic E-state index is 14.7. The lowest BCUT2D eigenvalue weighted by atomic mass is 9.93. The van der Waals surface area contributed by atoms with Crippen molar-refractivity contribution in [1.29, 1.82) is 0 Å². The summed E-state index contributed by atoms with van der Waals surface area (Å²) in [6.45, 7) is 8.56. The Morgan fingerprint density at radius 1 is 1.18 bits per heavy atom. The molecule has 0 bridgehead atoms. The van der Waals surface area contributed by atoms with Crippen LogP contribution in [0.25, 0.3) is 10.8 Å². The fourth-order valence-electron chi connectivity index (χ4n) is 5.46. The molecule has 2 N–H and O–H groups in total. The largest absolute Gasteiger partial charge is 0.390 e. The van der Waals surface area contributed by atoms with E-state index in [0.717, 1.165) is 16.5 Å². The molecule has 9 nitrogen and oxygen atoms in total. The van der Waals surface area contributed by atoms with E-state index in [2.05, 4.69) is 51.1 Å². The van der Waals surface area contributed by atoms with Gasteiger partial charge < -0.3 is 20.2 Å². The monoisotopic (exact) mass is 542 g/mol. The van der Waals surface area contributed by atoms with E-state index < -0.39 is 21.6 Å². The van der Waals surface area contributed by atoms with Crippen LogP contribution in [0.1, 0.15) is 45.6 Å². The molecule has 0 aliphatic carbocycles. The number of pyridine rings is 1. The molecule has 11 heteroatoms. The van der Waals surface area contributed by atoms with Gasteiger partial charge in [-0.25, -0.2) is 22.8 Å². The number of benzene rings is 1. The van der Waals surface area contributed by atoms with Crippen molar-refractivity contribution in [2.45, 2.75) is 63.1 Å². The summed E-state index contributed by atoms with van der Waals surface area (Å²) in [7, 11) is -3.11. The van der Waals surface area contributed by atoms with Gasteiger partial charge in [0.25, 0.3) is 0 Å². The summed E-state index contributed by atoms with van der Waals surface area (Å²) in [5.41, 5.74) is 0.409. The third-order valence-electron chi connectivity index (χ3n) is 7.85. The Morgan fingerprint density at radius 2 is 1.95 bits per heavy atom. The Morgan fingerprint density at radius 3 is 2.61 bits per heavy atom. The van der Waals surface area contributed by atoms with Crippen LogP contribution in [-0.4, -0.2) is 77.4 Å². The third-order valence-corrected chi connectivity index (χ3v) is 9.49. The molecule has 0 amide bonds. The summed E-state index contributed by atoms with van der Waals surface area (Å²) < 4.78 is 38.9. The number of aliphatic hydroxyl groups is 1. The third kappa shape index (κ3) is 4.89. The van der Waals surface area contributed by atoms with E-state index >= 15 is 0 Å². The first kappa shape index (κ1) is 26.6. The van der Waals surface area contributed by atoms with Crippen molar-refractivity contribution >= 4 is 43.9 Å². The van der Waals surface area contributed by atoms with Crippen LogP contribution in [0.15, 0.2) is 36.7 Å². The summed E-state index contributed by atoms with van der Waals surface area (Å²) in [4.78, 5) is 17.4. The van der Waals surface area contributed by atoms with Crippen molar-refractivity contribution < 1.29 is 17.9 Å². The predicted octanol–water partition coefficient (Wildman–Crippen LogP) is 3.81. The number of alkyl halides is 1. The number of nitrogens with one attached hydrogen (secondary N) is 1. The van der Waals surface area contributed by atoms with Crippen LogP contribution in [0.5, 0.6) is 0 Å². The van der Waals surface area contributed by atoms with Crippen molar-refractivity contribution in [2.24, 2.45) is 0 Å². The molecule has 0 spiro atoms. The zero-order valence-corrected chi connectivity index (χ0v) is 23.2. The van der Waals surface area contributed by atoms with Crippen LogP contribution in [0, 0.1) is 0 Å². The van der Waals surface area contributed by atoms with Crippen molar-refractivity contribution in [3.05, 3.63) is 42.2 Å².